The standard InChI is InChI=1S/C17H19NO3.H2O4S/c1-18-7-6-17-10-3-5-13(20)16(17)21-15-12(19)4-2-9(14(15)17)8-11(10)18;1-5(2,3)4/h2-5,10-11,13,16,19-20H,6-8H2,1H3;(H2,1,2,3,4)/t10-,11+,13-,16-,17-;/m0./s1/i1D3;. The van der Waals surface area contributed by atoms with E-state index in [0.717, 1.165) is 11.1 Å². The number of nitrogens with zero attached hydrogens (tertiary/aromatic N) is 1. The molecule has 0 radical (unpaired) electrons. The van der Waals surface area contributed by atoms with Crippen LogP contribution in [-0.2, 0) is 22.2 Å². The first-order valence-corrected chi connectivity index (χ1v) is 9.59. The van der Waals surface area contributed by atoms with E-state index in [2.05, 4.69) is 0 Å². The van der Waals surface area contributed by atoms with E-state index in [-0.39, 0.29) is 17.7 Å². The molecular weight excluding hydrogens is 362 g/mol. The normalized spacial score (nSPS) is 38.8. The molecule has 1 saturated heterocycles. The summed E-state index contributed by atoms with van der Waals surface area (Å²) in [6.45, 7) is -1.70. The zero-order valence-corrected chi connectivity index (χ0v) is 14.4. The number of likely N-dealkylation sites (tertiary alicyclic amines) is 1. The molecule has 2 bridgehead atoms. The molecule has 2 aliphatic carbocycles. The van der Waals surface area contributed by atoms with Crippen molar-refractivity contribution in [3.05, 3.63) is 35.4 Å². The van der Waals surface area contributed by atoms with Crippen LogP contribution in [0.4, 0.5) is 0 Å². The van der Waals surface area contributed by atoms with Gasteiger partial charge in [-0.1, -0.05) is 18.2 Å². The van der Waals surface area contributed by atoms with Gasteiger partial charge >= 0.3 is 10.4 Å². The molecule has 8 nitrogen and oxygen atoms in total. The minimum Gasteiger partial charge on any atom is -0.504 e. The van der Waals surface area contributed by atoms with Crippen LogP contribution in [0.2, 0.25) is 0 Å². The first kappa shape index (κ1) is 14.4. The number of benzene rings is 1. The minimum atomic E-state index is -4.67. The average Bonchev–Trinajstić information content (AvgIpc) is 2.91. The van der Waals surface area contributed by atoms with E-state index >= 15 is 0 Å². The molecule has 5 atom stereocenters. The fourth-order valence-corrected chi connectivity index (χ4v) is 5.06. The Hall–Kier alpha value is -1.65. The van der Waals surface area contributed by atoms with Crippen molar-refractivity contribution in [2.75, 3.05) is 13.5 Å². The number of aromatic hydroxyl groups is 1. The molecule has 5 rings (SSSR count). The molecule has 4 aliphatic rings. The first-order chi connectivity index (χ1) is 13.3. The van der Waals surface area contributed by atoms with Gasteiger partial charge in [0.15, 0.2) is 11.5 Å². The van der Waals surface area contributed by atoms with Crippen molar-refractivity contribution in [2.45, 2.75) is 36.5 Å². The Kier molecular flexibility index (Phi) is 3.14. The number of aliphatic hydroxyl groups excluding tert-OH is 1. The lowest BCUT2D eigenvalue weighted by atomic mass is 9.53. The van der Waals surface area contributed by atoms with E-state index in [0.29, 0.717) is 25.1 Å². The molecule has 26 heavy (non-hydrogen) atoms. The second-order valence-corrected chi connectivity index (χ2v) is 7.99. The lowest BCUT2D eigenvalue weighted by Crippen LogP contribution is -2.64. The van der Waals surface area contributed by atoms with Gasteiger partial charge in [-0.2, -0.15) is 8.42 Å². The number of likely N-dealkylation sites (N-methyl/N-ethyl adjacent to an activating group) is 1. The molecule has 1 aromatic carbocycles. The van der Waals surface area contributed by atoms with Crippen LogP contribution in [0.15, 0.2) is 24.3 Å². The van der Waals surface area contributed by atoms with Crippen LogP contribution < -0.4 is 4.74 Å². The van der Waals surface area contributed by atoms with Gasteiger partial charge in [-0.05, 0) is 38.0 Å². The molecule has 1 fully saturated rings. The number of rotatable bonds is 0. The molecule has 0 saturated carbocycles. The van der Waals surface area contributed by atoms with Crippen molar-refractivity contribution in [2.24, 2.45) is 5.92 Å². The van der Waals surface area contributed by atoms with E-state index in [9.17, 15) is 10.2 Å². The smallest absolute Gasteiger partial charge is 0.394 e. The number of phenolic OH excluding ortho intramolecular Hbond substituents is 1. The van der Waals surface area contributed by atoms with Crippen LogP contribution in [0.5, 0.6) is 11.5 Å². The van der Waals surface area contributed by atoms with Crippen LogP contribution in [0.3, 0.4) is 0 Å². The van der Waals surface area contributed by atoms with Gasteiger partial charge in [0, 0.05) is 27.1 Å². The quantitative estimate of drug-likeness (QED) is 0.376. The summed E-state index contributed by atoms with van der Waals surface area (Å²) in [6.07, 6.45) is 3.69. The summed E-state index contributed by atoms with van der Waals surface area (Å²) in [5.41, 5.74) is 1.58. The van der Waals surface area contributed by atoms with E-state index in [1.165, 1.54) is 0 Å². The predicted molar refractivity (Wildman–Crippen MR) is 91.8 cm³/mol. The molecule has 1 spiro atoms. The second-order valence-electron chi connectivity index (χ2n) is 7.09. The molecule has 4 N–H and O–H groups in total. The number of hydrogen-bond donors (Lipinski definition) is 4. The van der Waals surface area contributed by atoms with Crippen molar-refractivity contribution in [3.63, 3.8) is 0 Å². The summed E-state index contributed by atoms with van der Waals surface area (Å²) in [5, 5.41) is 20.7. The van der Waals surface area contributed by atoms with Gasteiger partial charge in [-0.3, -0.25) is 9.11 Å². The SMILES string of the molecule is O=S(=O)(O)O.[2H]C([2H])([2H])N1CC[C@]23c4c5ccc(O)c4O[C@H]2[C@@H](O)C=C[C@H]3[C@H]1C5. The minimum absolute atomic E-state index is 0.0318. The average molecular weight is 386 g/mol. The zero-order valence-electron chi connectivity index (χ0n) is 16.6. The summed E-state index contributed by atoms with van der Waals surface area (Å²) in [6, 6.07) is 3.33. The Morgan fingerprint density at radius 1 is 1.35 bits per heavy atom. The maximum atomic E-state index is 10.5. The lowest BCUT2D eigenvalue weighted by Gasteiger charge is -2.56. The van der Waals surface area contributed by atoms with Crippen molar-refractivity contribution >= 4 is 10.4 Å². The van der Waals surface area contributed by atoms with Crippen LogP contribution in [-0.4, -0.2) is 64.4 Å². The number of hydrogen-bond acceptors (Lipinski definition) is 6. The highest BCUT2D eigenvalue weighted by molar-refractivity contribution is 7.79. The van der Waals surface area contributed by atoms with Crippen molar-refractivity contribution in [1.82, 2.24) is 4.90 Å². The molecular formula is C17H21NO7S. The third-order valence-corrected chi connectivity index (χ3v) is 5.87. The number of aliphatic hydroxyl groups is 1. The van der Waals surface area contributed by atoms with Gasteiger partial charge in [0.25, 0.3) is 0 Å². The zero-order chi connectivity index (χ0) is 21.4. The Morgan fingerprint density at radius 3 is 2.77 bits per heavy atom. The molecule has 0 amide bonds. The third kappa shape index (κ3) is 2.46. The van der Waals surface area contributed by atoms with Crippen LogP contribution >= 0.6 is 0 Å². The molecule has 2 heterocycles. The van der Waals surface area contributed by atoms with E-state index in [1.54, 1.807) is 17.0 Å². The monoisotopic (exact) mass is 386 g/mol. The van der Waals surface area contributed by atoms with Gasteiger partial charge in [0.2, 0.25) is 0 Å². The lowest BCUT2D eigenvalue weighted by molar-refractivity contribution is -0.0453. The summed E-state index contributed by atoms with van der Waals surface area (Å²) >= 11 is 0. The fraction of sp³-hybridized carbons (Fsp3) is 0.529. The van der Waals surface area contributed by atoms with Gasteiger partial charge in [0.1, 0.15) is 12.2 Å². The topological polar surface area (TPSA) is 128 Å². The summed E-state index contributed by atoms with van der Waals surface area (Å²) in [7, 11) is -4.67. The van der Waals surface area contributed by atoms with Crippen molar-refractivity contribution < 1.29 is 36.6 Å². The molecule has 1 aromatic rings. The van der Waals surface area contributed by atoms with Gasteiger partial charge in [-0.15, -0.1) is 0 Å². The molecule has 0 unspecified atom stereocenters. The molecule has 142 valence electrons. The van der Waals surface area contributed by atoms with Crippen molar-refractivity contribution in [3.8, 4) is 11.5 Å². The Morgan fingerprint density at radius 2 is 2.08 bits per heavy atom. The third-order valence-electron chi connectivity index (χ3n) is 5.87. The maximum absolute atomic E-state index is 10.5. The van der Waals surface area contributed by atoms with Crippen LogP contribution in [0.25, 0.3) is 0 Å². The van der Waals surface area contributed by atoms with Gasteiger partial charge in [0.05, 0.1) is 0 Å². The molecule has 0 aromatic heterocycles. The predicted octanol–water partition coefficient (Wildman–Crippen LogP) is 0.545. The number of ether oxygens (including phenoxy) is 1. The van der Waals surface area contributed by atoms with Gasteiger partial charge in [-0.25, -0.2) is 0 Å². The highest BCUT2D eigenvalue weighted by Crippen LogP contribution is 2.62. The molecule has 2 aliphatic heterocycles. The van der Waals surface area contributed by atoms with Crippen molar-refractivity contribution in [1.29, 1.82) is 0 Å². The Bertz CT molecular complexity index is 972. The maximum Gasteiger partial charge on any atom is 0.394 e. The number of phenols is 1. The second kappa shape index (κ2) is 5.67. The largest absolute Gasteiger partial charge is 0.504 e. The highest BCUT2D eigenvalue weighted by Gasteiger charge is 2.64. The highest BCUT2D eigenvalue weighted by atomic mass is 32.3. The number of piperidine rings is 1. The fourth-order valence-electron chi connectivity index (χ4n) is 5.06. The Balaban J connectivity index is 0.000000369. The Labute approximate surface area is 155 Å². The van der Waals surface area contributed by atoms with Gasteiger partial charge < -0.3 is 19.8 Å². The van der Waals surface area contributed by atoms with E-state index in [4.69, 9.17) is 26.4 Å². The molecule has 9 heteroatoms. The van der Waals surface area contributed by atoms with E-state index < -0.39 is 35.0 Å². The van der Waals surface area contributed by atoms with Crippen LogP contribution in [0, 0.1) is 5.92 Å². The van der Waals surface area contributed by atoms with E-state index in [1.807, 2.05) is 12.1 Å². The summed E-state index contributed by atoms with van der Waals surface area (Å²) in [4.78, 5) is 1.62. The summed E-state index contributed by atoms with van der Waals surface area (Å²) in [5.74, 6) is 0.543. The van der Waals surface area contributed by atoms with Crippen LogP contribution in [0.1, 0.15) is 21.7 Å². The first-order valence-electron chi connectivity index (χ1n) is 9.69. The summed E-state index contributed by atoms with van der Waals surface area (Å²) < 4.78 is 61.3.